The van der Waals surface area contributed by atoms with Gasteiger partial charge in [-0.05, 0) is 31.2 Å². The normalized spacial score (nSPS) is 16.1. The second-order valence-corrected chi connectivity index (χ2v) is 6.59. The van der Waals surface area contributed by atoms with Gasteiger partial charge >= 0.3 is 0 Å². The number of hydrogen-bond acceptors (Lipinski definition) is 3. The summed E-state index contributed by atoms with van der Waals surface area (Å²) in [5.41, 5.74) is 6.15. The zero-order valence-electron chi connectivity index (χ0n) is 14.0. The van der Waals surface area contributed by atoms with Gasteiger partial charge in [-0.3, -0.25) is 4.79 Å². The number of amides is 1. The van der Waals surface area contributed by atoms with Crippen LogP contribution in [0.1, 0.15) is 51.5 Å². The topological polar surface area (TPSA) is 77.2 Å². The lowest BCUT2D eigenvalue weighted by atomic mass is 9.69. The van der Waals surface area contributed by atoms with Crippen molar-refractivity contribution in [2.75, 3.05) is 0 Å². The Balaban J connectivity index is 3.12. The molecule has 2 atom stereocenters. The fraction of sp³-hybridized carbons (Fsp3) is 0.526. The van der Waals surface area contributed by atoms with Crippen molar-refractivity contribution in [1.29, 1.82) is 0 Å². The van der Waals surface area contributed by atoms with Crippen LogP contribution in [0.15, 0.2) is 30.3 Å². The van der Waals surface area contributed by atoms with E-state index in [0.717, 1.165) is 18.1 Å². The summed E-state index contributed by atoms with van der Waals surface area (Å²) in [7, 11) is 0. The Bertz CT molecular complexity index is 495. The highest BCUT2D eigenvalue weighted by Crippen LogP contribution is 2.39. The molecule has 23 heavy (non-hydrogen) atoms. The molecule has 1 aromatic rings. The first kappa shape index (κ1) is 19.1. The maximum absolute atomic E-state index is 11.7. The third-order valence-electron chi connectivity index (χ3n) is 4.52. The standard InChI is InChI=1S/C19H27NO3/c1-15(13-21)8-10-19(12-18(20)23,11-9-16(2)14-22)17-6-4-3-5-7-17/h3-7,13-16H,8-12H2,1-2H3,(H2,20,23). The second-order valence-electron chi connectivity index (χ2n) is 6.59. The van der Waals surface area contributed by atoms with Crippen LogP contribution in [0.5, 0.6) is 0 Å². The van der Waals surface area contributed by atoms with Gasteiger partial charge in [0.2, 0.25) is 5.91 Å². The molecule has 2 unspecified atom stereocenters. The van der Waals surface area contributed by atoms with E-state index in [1.54, 1.807) is 0 Å². The van der Waals surface area contributed by atoms with E-state index in [1.807, 2.05) is 44.2 Å². The van der Waals surface area contributed by atoms with E-state index < -0.39 is 5.41 Å². The van der Waals surface area contributed by atoms with Crippen LogP contribution in [0.3, 0.4) is 0 Å². The molecule has 0 aromatic heterocycles. The van der Waals surface area contributed by atoms with Gasteiger partial charge < -0.3 is 15.3 Å². The summed E-state index contributed by atoms with van der Waals surface area (Å²) in [5.74, 6) is -0.477. The monoisotopic (exact) mass is 317 g/mol. The highest BCUT2D eigenvalue weighted by atomic mass is 16.1. The molecule has 0 saturated heterocycles. The fourth-order valence-electron chi connectivity index (χ4n) is 2.96. The maximum Gasteiger partial charge on any atom is 0.218 e. The van der Waals surface area contributed by atoms with Crippen LogP contribution in [-0.2, 0) is 19.8 Å². The smallest absolute Gasteiger partial charge is 0.218 e. The van der Waals surface area contributed by atoms with Crippen LogP contribution >= 0.6 is 0 Å². The van der Waals surface area contributed by atoms with Crippen LogP contribution < -0.4 is 5.73 Å². The number of nitrogens with two attached hydrogens (primary N) is 1. The molecule has 4 heteroatoms. The number of carbonyl (C=O) groups excluding carboxylic acids is 3. The van der Waals surface area contributed by atoms with Gasteiger partial charge in [0.25, 0.3) is 0 Å². The minimum Gasteiger partial charge on any atom is -0.370 e. The van der Waals surface area contributed by atoms with Crippen molar-refractivity contribution >= 4 is 18.5 Å². The molecule has 0 fully saturated rings. The molecule has 0 saturated carbocycles. The summed E-state index contributed by atoms with van der Waals surface area (Å²) in [5, 5.41) is 0. The van der Waals surface area contributed by atoms with Crippen molar-refractivity contribution < 1.29 is 14.4 Å². The molecular formula is C19H27NO3. The molecule has 4 nitrogen and oxygen atoms in total. The summed E-state index contributed by atoms with van der Waals surface area (Å²) in [4.78, 5) is 33.6. The van der Waals surface area contributed by atoms with Crippen LogP contribution in [0, 0.1) is 11.8 Å². The number of carbonyl (C=O) groups is 3. The first-order valence-electron chi connectivity index (χ1n) is 8.18. The molecule has 0 aliphatic carbocycles. The van der Waals surface area contributed by atoms with Gasteiger partial charge in [0.05, 0.1) is 0 Å². The number of aldehydes is 2. The molecule has 1 aromatic carbocycles. The largest absolute Gasteiger partial charge is 0.370 e. The summed E-state index contributed by atoms with van der Waals surface area (Å²) in [6.07, 6.45) is 4.90. The molecule has 0 bridgehead atoms. The Kier molecular flexibility index (Phi) is 7.66. The lowest BCUT2D eigenvalue weighted by Gasteiger charge is -2.35. The summed E-state index contributed by atoms with van der Waals surface area (Å²) >= 11 is 0. The Morgan fingerprint density at radius 3 is 1.91 bits per heavy atom. The van der Waals surface area contributed by atoms with E-state index in [2.05, 4.69) is 0 Å². The van der Waals surface area contributed by atoms with Crippen LogP contribution in [-0.4, -0.2) is 18.5 Å². The molecule has 0 radical (unpaired) electrons. The molecular weight excluding hydrogens is 290 g/mol. The van der Waals surface area contributed by atoms with Crippen molar-refractivity contribution in [2.45, 2.75) is 51.4 Å². The van der Waals surface area contributed by atoms with Crippen molar-refractivity contribution in [3.05, 3.63) is 35.9 Å². The summed E-state index contributed by atoms with van der Waals surface area (Å²) in [6, 6.07) is 9.82. The third-order valence-corrected chi connectivity index (χ3v) is 4.52. The van der Waals surface area contributed by atoms with Gasteiger partial charge in [-0.15, -0.1) is 0 Å². The predicted molar refractivity (Wildman–Crippen MR) is 90.9 cm³/mol. The zero-order chi connectivity index (χ0) is 17.3. The number of rotatable bonds is 11. The Morgan fingerprint density at radius 1 is 1.04 bits per heavy atom. The average Bonchev–Trinajstić information content (AvgIpc) is 2.57. The quantitative estimate of drug-likeness (QED) is 0.637. The van der Waals surface area contributed by atoms with Crippen LogP contribution in [0.4, 0.5) is 0 Å². The van der Waals surface area contributed by atoms with E-state index in [-0.39, 0.29) is 24.2 Å². The Hall–Kier alpha value is -1.97. The molecule has 0 heterocycles. The Labute approximate surface area is 138 Å². The Morgan fingerprint density at radius 2 is 1.52 bits per heavy atom. The molecule has 1 amide bonds. The number of primary amides is 1. The van der Waals surface area contributed by atoms with E-state index in [0.29, 0.717) is 25.7 Å². The van der Waals surface area contributed by atoms with Crippen molar-refractivity contribution in [3.8, 4) is 0 Å². The molecule has 0 spiro atoms. The van der Waals surface area contributed by atoms with E-state index in [4.69, 9.17) is 5.73 Å². The van der Waals surface area contributed by atoms with E-state index >= 15 is 0 Å². The second kappa shape index (κ2) is 9.23. The van der Waals surface area contributed by atoms with Gasteiger partial charge in [0, 0.05) is 23.7 Å². The summed E-state index contributed by atoms with van der Waals surface area (Å²) < 4.78 is 0. The van der Waals surface area contributed by atoms with Crippen molar-refractivity contribution in [1.82, 2.24) is 0 Å². The third kappa shape index (κ3) is 5.97. The molecule has 126 valence electrons. The zero-order valence-corrected chi connectivity index (χ0v) is 14.0. The first-order valence-corrected chi connectivity index (χ1v) is 8.18. The van der Waals surface area contributed by atoms with Gasteiger partial charge in [0.1, 0.15) is 12.6 Å². The first-order chi connectivity index (χ1) is 10.9. The van der Waals surface area contributed by atoms with Crippen molar-refractivity contribution in [3.63, 3.8) is 0 Å². The minimum absolute atomic E-state index is 0.0607. The van der Waals surface area contributed by atoms with Gasteiger partial charge in [-0.2, -0.15) is 0 Å². The SMILES string of the molecule is CC(C=O)CCC(CCC(C)C=O)(CC(N)=O)c1ccccc1. The molecule has 1 rings (SSSR count). The number of hydrogen-bond donors (Lipinski definition) is 1. The van der Waals surface area contributed by atoms with E-state index in [9.17, 15) is 14.4 Å². The lowest BCUT2D eigenvalue weighted by Crippen LogP contribution is -2.33. The van der Waals surface area contributed by atoms with Crippen molar-refractivity contribution in [2.24, 2.45) is 17.6 Å². The number of benzene rings is 1. The minimum atomic E-state index is -0.415. The predicted octanol–water partition coefficient (Wildman–Crippen LogP) is 3.03. The van der Waals surface area contributed by atoms with Gasteiger partial charge in [-0.1, -0.05) is 44.2 Å². The maximum atomic E-state index is 11.7. The van der Waals surface area contributed by atoms with Crippen LogP contribution in [0.25, 0.3) is 0 Å². The average molecular weight is 317 g/mol. The lowest BCUT2D eigenvalue weighted by molar-refractivity contribution is -0.119. The van der Waals surface area contributed by atoms with Gasteiger partial charge in [0.15, 0.2) is 0 Å². The highest BCUT2D eigenvalue weighted by molar-refractivity contribution is 5.75. The molecule has 0 aliphatic rings. The molecule has 0 aliphatic heterocycles. The van der Waals surface area contributed by atoms with Crippen LogP contribution in [0.2, 0.25) is 0 Å². The summed E-state index contributed by atoms with van der Waals surface area (Å²) in [6.45, 7) is 3.75. The highest BCUT2D eigenvalue weighted by Gasteiger charge is 2.34. The van der Waals surface area contributed by atoms with E-state index in [1.165, 1.54) is 0 Å². The van der Waals surface area contributed by atoms with Gasteiger partial charge in [-0.25, -0.2) is 0 Å². The fourth-order valence-corrected chi connectivity index (χ4v) is 2.96. The molecule has 2 N–H and O–H groups in total.